The van der Waals surface area contributed by atoms with E-state index in [2.05, 4.69) is 6.08 Å². The minimum atomic E-state index is 0.0644. The van der Waals surface area contributed by atoms with E-state index in [1.54, 1.807) is 7.11 Å². The molecule has 0 bridgehead atoms. The third-order valence-corrected chi connectivity index (χ3v) is 2.48. The van der Waals surface area contributed by atoms with Gasteiger partial charge in [-0.25, -0.2) is 0 Å². The first-order chi connectivity index (χ1) is 6.22. The van der Waals surface area contributed by atoms with Crippen molar-refractivity contribution >= 4 is 5.78 Å². The Hall–Kier alpha value is -0.630. The van der Waals surface area contributed by atoms with Crippen molar-refractivity contribution in [1.29, 1.82) is 0 Å². The Balaban J connectivity index is 2.24. The number of carbonyl (C=O) groups is 1. The van der Waals surface area contributed by atoms with Gasteiger partial charge in [0.1, 0.15) is 5.78 Å². The molecule has 0 spiro atoms. The van der Waals surface area contributed by atoms with Gasteiger partial charge in [0.2, 0.25) is 0 Å². The SMILES string of the molecule is COC(C)CC(=O)CC1=CCCC1. The van der Waals surface area contributed by atoms with Crippen molar-refractivity contribution in [3.05, 3.63) is 11.6 Å². The second-order valence-corrected chi connectivity index (χ2v) is 3.72. The van der Waals surface area contributed by atoms with Crippen LogP contribution in [0.1, 0.15) is 39.0 Å². The standard InChI is InChI=1S/C11H18O2/c1-9(13-2)7-11(12)8-10-5-3-4-6-10/h5,9H,3-4,6-8H2,1-2H3. The maximum absolute atomic E-state index is 11.4. The molecule has 74 valence electrons. The molecule has 0 aromatic carbocycles. The van der Waals surface area contributed by atoms with Crippen LogP contribution >= 0.6 is 0 Å². The van der Waals surface area contributed by atoms with Crippen LogP contribution in [-0.2, 0) is 9.53 Å². The molecule has 0 aromatic heterocycles. The lowest BCUT2D eigenvalue weighted by atomic mass is 10.1. The van der Waals surface area contributed by atoms with Gasteiger partial charge in [0.25, 0.3) is 0 Å². The summed E-state index contributed by atoms with van der Waals surface area (Å²) in [4.78, 5) is 11.4. The number of allylic oxidation sites excluding steroid dienone is 2. The summed E-state index contributed by atoms with van der Waals surface area (Å²) in [5.41, 5.74) is 1.33. The summed E-state index contributed by atoms with van der Waals surface area (Å²) in [6, 6.07) is 0. The number of methoxy groups -OCH3 is 1. The molecule has 13 heavy (non-hydrogen) atoms. The first-order valence-electron chi connectivity index (χ1n) is 4.94. The van der Waals surface area contributed by atoms with Crippen LogP contribution in [-0.4, -0.2) is 19.0 Å². The first kappa shape index (κ1) is 10.5. The summed E-state index contributed by atoms with van der Waals surface area (Å²) < 4.78 is 5.04. The van der Waals surface area contributed by atoms with Crippen molar-refractivity contribution < 1.29 is 9.53 Å². The molecule has 0 saturated carbocycles. The number of ether oxygens (including phenoxy) is 1. The van der Waals surface area contributed by atoms with Crippen LogP contribution in [0.3, 0.4) is 0 Å². The quantitative estimate of drug-likeness (QED) is 0.610. The zero-order chi connectivity index (χ0) is 9.68. The number of Topliss-reactive ketones (excluding diaryl/α,β-unsaturated/α-hetero) is 1. The van der Waals surface area contributed by atoms with Gasteiger partial charge in [-0.05, 0) is 26.2 Å². The molecule has 0 heterocycles. The highest BCUT2D eigenvalue weighted by Gasteiger charge is 2.12. The predicted molar refractivity (Wildman–Crippen MR) is 52.6 cm³/mol. The van der Waals surface area contributed by atoms with Crippen LogP contribution in [0.25, 0.3) is 0 Å². The van der Waals surface area contributed by atoms with E-state index in [1.165, 1.54) is 12.0 Å². The minimum absolute atomic E-state index is 0.0644. The van der Waals surface area contributed by atoms with Crippen molar-refractivity contribution in [2.75, 3.05) is 7.11 Å². The van der Waals surface area contributed by atoms with Crippen molar-refractivity contribution in [3.8, 4) is 0 Å². The molecule has 1 aliphatic carbocycles. The number of rotatable bonds is 5. The highest BCUT2D eigenvalue weighted by Crippen LogP contribution is 2.21. The van der Waals surface area contributed by atoms with Gasteiger partial charge in [-0.3, -0.25) is 4.79 Å². The molecule has 1 atom stereocenters. The van der Waals surface area contributed by atoms with Gasteiger partial charge in [0.15, 0.2) is 0 Å². The number of ketones is 1. The van der Waals surface area contributed by atoms with E-state index in [1.807, 2.05) is 6.92 Å². The lowest BCUT2D eigenvalue weighted by molar-refractivity contribution is -0.120. The molecule has 2 heteroatoms. The molecular weight excluding hydrogens is 164 g/mol. The maximum Gasteiger partial charge on any atom is 0.139 e. The first-order valence-corrected chi connectivity index (χ1v) is 4.94. The van der Waals surface area contributed by atoms with Crippen molar-refractivity contribution in [1.82, 2.24) is 0 Å². The molecule has 0 fully saturated rings. The van der Waals surface area contributed by atoms with Gasteiger partial charge in [-0.2, -0.15) is 0 Å². The fourth-order valence-electron chi connectivity index (χ4n) is 1.63. The maximum atomic E-state index is 11.4. The molecule has 1 unspecified atom stereocenters. The summed E-state index contributed by atoms with van der Waals surface area (Å²) >= 11 is 0. The van der Waals surface area contributed by atoms with Crippen LogP contribution in [0.4, 0.5) is 0 Å². The lowest BCUT2D eigenvalue weighted by Crippen LogP contribution is -2.12. The largest absolute Gasteiger partial charge is 0.381 e. The summed E-state index contributed by atoms with van der Waals surface area (Å²) in [5, 5.41) is 0. The molecule has 1 rings (SSSR count). The monoisotopic (exact) mass is 182 g/mol. The minimum Gasteiger partial charge on any atom is -0.381 e. The summed E-state index contributed by atoms with van der Waals surface area (Å²) in [6.45, 7) is 1.93. The fourth-order valence-corrected chi connectivity index (χ4v) is 1.63. The Morgan fingerprint density at radius 2 is 2.46 bits per heavy atom. The molecule has 2 nitrogen and oxygen atoms in total. The van der Waals surface area contributed by atoms with E-state index in [9.17, 15) is 4.79 Å². The van der Waals surface area contributed by atoms with Crippen LogP contribution < -0.4 is 0 Å². The van der Waals surface area contributed by atoms with Crippen LogP contribution in [0.5, 0.6) is 0 Å². The summed E-state index contributed by atoms with van der Waals surface area (Å²) in [5.74, 6) is 0.308. The summed E-state index contributed by atoms with van der Waals surface area (Å²) in [6.07, 6.45) is 6.96. The third-order valence-electron chi connectivity index (χ3n) is 2.48. The molecule has 0 aromatic rings. The Kier molecular flexibility index (Phi) is 4.16. The summed E-state index contributed by atoms with van der Waals surface area (Å²) in [7, 11) is 1.65. The highest BCUT2D eigenvalue weighted by atomic mass is 16.5. The third kappa shape index (κ3) is 3.73. The molecular formula is C11H18O2. The molecule has 0 saturated heterocycles. The van der Waals surface area contributed by atoms with E-state index in [0.717, 1.165) is 12.8 Å². The van der Waals surface area contributed by atoms with Gasteiger partial charge >= 0.3 is 0 Å². The normalized spacial score (nSPS) is 18.5. The molecule has 0 N–H and O–H groups in total. The van der Waals surface area contributed by atoms with E-state index in [0.29, 0.717) is 18.6 Å². The van der Waals surface area contributed by atoms with Gasteiger partial charge in [-0.15, -0.1) is 0 Å². The predicted octanol–water partition coefficient (Wildman–Crippen LogP) is 2.48. The van der Waals surface area contributed by atoms with E-state index in [-0.39, 0.29) is 6.10 Å². The second kappa shape index (κ2) is 5.18. The average molecular weight is 182 g/mol. The van der Waals surface area contributed by atoms with Gasteiger partial charge in [-0.1, -0.05) is 11.6 Å². The molecule has 1 aliphatic rings. The Morgan fingerprint density at radius 1 is 1.69 bits per heavy atom. The van der Waals surface area contributed by atoms with Crippen LogP contribution in [0, 0.1) is 0 Å². The van der Waals surface area contributed by atoms with E-state index >= 15 is 0 Å². The second-order valence-electron chi connectivity index (χ2n) is 3.72. The topological polar surface area (TPSA) is 26.3 Å². The zero-order valence-electron chi connectivity index (χ0n) is 8.51. The highest BCUT2D eigenvalue weighted by molar-refractivity contribution is 5.81. The average Bonchev–Trinajstić information content (AvgIpc) is 2.56. The van der Waals surface area contributed by atoms with Crippen LogP contribution in [0.2, 0.25) is 0 Å². The smallest absolute Gasteiger partial charge is 0.139 e. The Morgan fingerprint density at radius 3 is 3.00 bits per heavy atom. The Bertz CT molecular complexity index is 206. The van der Waals surface area contributed by atoms with Gasteiger partial charge < -0.3 is 4.74 Å². The number of carbonyl (C=O) groups excluding carboxylic acids is 1. The fraction of sp³-hybridized carbons (Fsp3) is 0.727. The van der Waals surface area contributed by atoms with Crippen molar-refractivity contribution in [2.24, 2.45) is 0 Å². The van der Waals surface area contributed by atoms with Crippen molar-refractivity contribution in [2.45, 2.75) is 45.1 Å². The molecule has 0 aliphatic heterocycles. The van der Waals surface area contributed by atoms with E-state index in [4.69, 9.17) is 4.74 Å². The number of hydrogen-bond donors (Lipinski definition) is 0. The van der Waals surface area contributed by atoms with Gasteiger partial charge in [0.05, 0.1) is 6.10 Å². The number of hydrogen-bond acceptors (Lipinski definition) is 2. The molecule has 0 amide bonds. The lowest BCUT2D eigenvalue weighted by Gasteiger charge is -2.08. The van der Waals surface area contributed by atoms with Crippen LogP contribution in [0.15, 0.2) is 11.6 Å². The van der Waals surface area contributed by atoms with Gasteiger partial charge in [0, 0.05) is 20.0 Å². The molecule has 0 radical (unpaired) electrons. The Labute approximate surface area is 80.0 Å². The van der Waals surface area contributed by atoms with Crippen molar-refractivity contribution in [3.63, 3.8) is 0 Å². The van der Waals surface area contributed by atoms with E-state index < -0.39 is 0 Å². The zero-order valence-corrected chi connectivity index (χ0v) is 8.51.